The lowest BCUT2D eigenvalue weighted by Crippen LogP contribution is -2.37. The van der Waals surface area contributed by atoms with E-state index in [-0.39, 0.29) is 19.0 Å². The van der Waals surface area contributed by atoms with Gasteiger partial charge in [-0.2, -0.15) is 0 Å². The zero-order chi connectivity index (χ0) is 17.7. The van der Waals surface area contributed by atoms with Gasteiger partial charge in [0.15, 0.2) is 0 Å². The van der Waals surface area contributed by atoms with Crippen molar-refractivity contribution in [2.24, 2.45) is 0 Å². The number of carbonyl (C=O) groups excluding carboxylic acids is 1. The molecule has 0 fully saturated rings. The summed E-state index contributed by atoms with van der Waals surface area (Å²) in [5.74, 6) is -0.933. The average Bonchev–Trinajstić information content (AvgIpc) is 2.92. The van der Waals surface area contributed by atoms with Crippen LogP contribution in [0.4, 0.5) is 4.79 Å². The maximum absolute atomic E-state index is 11.9. The van der Waals surface area contributed by atoms with Gasteiger partial charge in [-0.25, -0.2) is 9.78 Å². The molecular formula is C16H18ClN3O3S. The number of aromatic nitrogens is 1. The summed E-state index contributed by atoms with van der Waals surface area (Å²) in [6, 6.07) is 7.12. The largest absolute Gasteiger partial charge is 0.481 e. The van der Waals surface area contributed by atoms with E-state index >= 15 is 0 Å². The molecule has 8 heteroatoms. The number of carbonyl (C=O) groups is 2. The first-order valence-corrected chi connectivity index (χ1v) is 8.49. The smallest absolute Gasteiger partial charge is 0.317 e. The van der Waals surface area contributed by atoms with E-state index < -0.39 is 5.97 Å². The number of nitrogens with zero attached hydrogens (tertiary/aromatic N) is 2. The minimum Gasteiger partial charge on any atom is -0.481 e. The molecule has 2 rings (SSSR count). The number of aliphatic carboxylic acids is 1. The third-order valence-corrected chi connectivity index (χ3v) is 4.58. The molecule has 0 saturated heterocycles. The number of rotatable bonds is 6. The van der Waals surface area contributed by atoms with Crippen LogP contribution in [0.3, 0.4) is 0 Å². The molecule has 24 heavy (non-hydrogen) atoms. The number of thiazole rings is 1. The van der Waals surface area contributed by atoms with Crippen molar-refractivity contribution in [2.45, 2.75) is 19.9 Å². The minimum atomic E-state index is -0.933. The maximum atomic E-state index is 11.9. The number of hydrogen-bond donors (Lipinski definition) is 2. The quantitative estimate of drug-likeness (QED) is 0.819. The molecule has 1 heterocycles. The Morgan fingerprint density at radius 2 is 2.00 bits per heavy atom. The summed E-state index contributed by atoms with van der Waals surface area (Å²) in [5, 5.41) is 12.8. The van der Waals surface area contributed by atoms with E-state index in [9.17, 15) is 9.59 Å². The lowest BCUT2D eigenvalue weighted by atomic mass is 10.1. The molecule has 2 N–H and O–H groups in total. The third-order valence-electron chi connectivity index (χ3n) is 3.36. The second kappa shape index (κ2) is 8.12. The molecule has 2 amide bonds. The lowest BCUT2D eigenvalue weighted by molar-refractivity contribution is -0.137. The third kappa shape index (κ3) is 4.94. The van der Waals surface area contributed by atoms with Gasteiger partial charge in [-0.1, -0.05) is 23.7 Å². The van der Waals surface area contributed by atoms with Crippen molar-refractivity contribution in [2.75, 3.05) is 13.6 Å². The van der Waals surface area contributed by atoms with E-state index in [1.807, 2.05) is 31.2 Å². The van der Waals surface area contributed by atoms with Gasteiger partial charge < -0.3 is 15.3 Å². The highest BCUT2D eigenvalue weighted by Gasteiger charge is 2.13. The SMILES string of the molecule is Cc1sc(CNC(=O)N(C)CCC(=O)O)nc1-c1ccc(Cl)cc1. The fraction of sp³-hybridized carbons (Fsp3) is 0.312. The van der Waals surface area contributed by atoms with Crippen LogP contribution in [0, 0.1) is 6.92 Å². The molecule has 1 aromatic heterocycles. The lowest BCUT2D eigenvalue weighted by Gasteiger charge is -2.16. The van der Waals surface area contributed by atoms with Gasteiger partial charge in [-0.15, -0.1) is 11.3 Å². The Hall–Kier alpha value is -2.12. The highest BCUT2D eigenvalue weighted by molar-refractivity contribution is 7.12. The normalized spacial score (nSPS) is 10.5. The van der Waals surface area contributed by atoms with Gasteiger partial charge in [0.1, 0.15) is 5.01 Å². The Bertz CT molecular complexity index is 731. The molecule has 0 aliphatic heterocycles. The summed E-state index contributed by atoms with van der Waals surface area (Å²) >= 11 is 7.41. The zero-order valence-corrected chi connectivity index (χ0v) is 14.9. The number of benzene rings is 1. The second-order valence-electron chi connectivity index (χ2n) is 5.24. The van der Waals surface area contributed by atoms with Crippen molar-refractivity contribution in [3.63, 3.8) is 0 Å². The Morgan fingerprint density at radius 3 is 2.62 bits per heavy atom. The van der Waals surface area contributed by atoms with E-state index in [1.165, 1.54) is 16.2 Å². The summed E-state index contributed by atoms with van der Waals surface area (Å²) < 4.78 is 0. The minimum absolute atomic E-state index is 0.0823. The first-order chi connectivity index (χ1) is 11.4. The van der Waals surface area contributed by atoms with Crippen LogP contribution in [-0.4, -0.2) is 40.6 Å². The number of nitrogens with one attached hydrogen (secondary N) is 1. The van der Waals surface area contributed by atoms with E-state index in [0.29, 0.717) is 11.6 Å². The van der Waals surface area contributed by atoms with Crippen molar-refractivity contribution in [1.82, 2.24) is 15.2 Å². The number of aryl methyl sites for hydroxylation is 1. The van der Waals surface area contributed by atoms with E-state index in [4.69, 9.17) is 16.7 Å². The van der Waals surface area contributed by atoms with Crippen LogP contribution in [0.1, 0.15) is 16.3 Å². The summed E-state index contributed by atoms with van der Waals surface area (Å²) in [6.07, 6.45) is -0.0823. The van der Waals surface area contributed by atoms with Gasteiger partial charge in [-0.3, -0.25) is 4.79 Å². The first-order valence-electron chi connectivity index (χ1n) is 7.30. The zero-order valence-electron chi connectivity index (χ0n) is 13.4. The fourth-order valence-corrected chi connectivity index (χ4v) is 3.07. The van der Waals surface area contributed by atoms with Gasteiger partial charge in [-0.05, 0) is 19.1 Å². The van der Waals surface area contributed by atoms with Crippen molar-refractivity contribution in [3.8, 4) is 11.3 Å². The van der Waals surface area contributed by atoms with Crippen molar-refractivity contribution in [3.05, 3.63) is 39.2 Å². The molecule has 0 saturated carbocycles. The molecule has 128 valence electrons. The summed E-state index contributed by atoms with van der Waals surface area (Å²) in [6.45, 7) is 2.44. The molecular weight excluding hydrogens is 350 g/mol. The molecule has 6 nitrogen and oxygen atoms in total. The Balaban J connectivity index is 1.96. The predicted octanol–water partition coefficient (Wildman–Crippen LogP) is 3.39. The van der Waals surface area contributed by atoms with Crippen LogP contribution in [-0.2, 0) is 11.3 Å². The number of carboxylic acid groups (broad SMARTS) is 1. The fourth-order valence-electron chi connectivity index (χ4n) is 2.05. The number of hydrogen-bond acceptors (Lipinski definition) is 4. The number of urea groups is 1. The molecule has 0 spiro atoms. The molecule has 2 aromatic rings. The first kappa shape index (κ1) is 18.2. The Morgan fingerprint density at radius 1 is 1.33 bits per heavy atom. The van der Waals surface area contributed by atoms with Gasteiger partial charge in [0, 0.05) is 29.1 Å². The van der Waals surface area contributed by atoms with Crippen molar-refractivity contribution < 1.29 is 14.7 Å². The highest BCUT2D eigenvalue weighted by Crippen LogP contribution is 2.28. The Kier molecular flexibility index (Phi) is 6.16. The standard InChI is InChI=1S/C16H18ClN3O3S/c1-10-15(11-3-5-12(17)6-4-11)19-13(24-10)9-18-16(23)20(2)8-7-14(21)22/h3-6H,7-9H2,1-2H3,(H,18,23)(H,21,22). The number of carboxylic acids is 1. The Labute approximate surface area is 149 Å². The molecule has 1 aromatic carbocycles. The molecule has 0 bridgehead atoms. The van der Waals surface area contributed by atoms with Gasteiger partial charge in [0.05, 0.1) is 18.7 Å². The van der Waals surface area contributed by atoms with Gasteiger partial charge in [0.2, 0.25) is 0 Å². The van der Waals surface area contributed by atoms with Gasteiger partial charge in [0.25, 0.3) is 0 Å². The topological polar surface area (TPSA) is 82.5 Å². The van der Waals surface area contributed by atoms with Crippen molar-refractivity contribution >= 4 is 34.9 Å². The maximum Gasteiger partial charge on any atom is 0.317 e. The second-order valence-corrected chi connectivity index (χ2v) is 6.97. The van der Waals surface area contributed by atoms with Crippen LogP contribution in [0.2, 0.25) is 5.02 Å². The number of amides is 2. The van der Waals surface area contributed by atoms with E-state index in [1.54, 1.807) is 7.05 Å². The van der Waals surface area contributed by atoms with Crippen LogP contribution in [0.5, 0.6) is 0 Å². The summed E-state index contributed by atoms with van der Waals surface area (Å²) in [4.78, 5) is 29.4. The summed E-state index contributed by atoms with van der Waals surface area (Å²) in [5.41, 5.74) is 1.85. The molecule has 0 unspecified atom stereocenters. The molecule has 0 aliphatic rings. The monoisotopic (exact) mass is 367 g/mol. The van der Waals surface area contributed by atoms with Crippen LogP contribution < -0.4 is 5.32 Å². The van der Waals surface area contributed by atoms with Crippen LogP contribution in [0.15, 0.2) is 24.3 Å². The van der Waals surface area contributed by atoms with E-state index in [0.717, 1.165) is 21.1 Å². The predicted molar refractivity (Wildman–Crippen MR) is 94.4 cm³/mol. The summed E-state index contributed by atoms with van der Waals surface area (Å²) in [7, 11) is 1.56. The van der Waals surface area contributed by atoms with Crippen LogP contribution >= 0.6 is 22.9 Å². The van der Waals surface area contributed by atoms with Gasteiger partial charge >= 0.3 is 12.0 Å². The average molecular weight is 368 g/mol. The van der Waals surface area contributed by atoms with Crippen molar-refractivity contribution in [1.29, 1.82) is 0 Å². The molecule has 0 aliphatic carbocycles. The van der Waals surface area contributed by atoms with Crippen LogP contribution in [0.25, 0.3) is 11.3 Å². The van der Waals surface area contributed by atoms with E-state index in [2.05, 4.69) is 10.3 Å². The highest BCUT2D eigenvalue weighted by atomic mass is 35.5. The number of halogens is 1. The molecule has 0 atom stereocenters. The molecule has 0 radical (unpaired) electrons.